The average molecular weight is 405 g/mol. The maximum Gasteiger partial charge on any atom is 0.305 e. The molecule has 0 aliphatic heterocycles. The second-order valence-electron chi connectivity index (χ2n) is 7.35. The molecule has 0 fully saturated rings. The Morgan fingerprint density at radius 2 is 1.83 bits per heavy atom. The minimum Gasteiger partial charge on any atom is -0.481 e. The highest BCUT2D eigenvalue weighted by Gasteiger charge is 2.14. The summed E-state index contributed by atoms with van der Waals surface area (Å²) >= 11 is 0. The van der Waals surface area contributed by atoms with Crippen LogP contribution in [0.25, 0.3) is 10.9 Å². The molecule has 3 rings (SSSR count). The third-order valence-electron chi connectivity index (χ3n) is 5.00. The first-order valence-corrected chi connectivity index (χ1v) is 10.2. The molecule has 156 valence electrons. The molecular weight excluding hydrogens is 378 g/mol. The van der Waals surface area contributed by atoms with Gasteiger partial charge in [-0.15, -0.1) is 0 Å². The lowest BCUT2D eigenvalue weighted by Crippen LogP contribution is -2.26. The summed E-state index contributed by atoms with van der Waals surface area (Å²) < 4.78 is 0. The molecule has 1 aromatic heterocycles. The molecule has 1 heterocycles. The Kier molecular flexibility index (Phi) is 7.01. The molecule has 0 spiro atoms. The second-order valence-corrected chi connectivity index (χ2v) is 7.35. The number of anilines is 1. The van der Waals surface area contributed by atoms with Crippen LogP contribution in [-0.4, -0.2) is 28.5 Å². The van der Waals surface area contributed by atoms with E-state index in [-0.39, 0.29) is 24.9 Å². The highest BCUT2D eigenvalue weighted by atomic mass is 16.4. The number of hydrogen-bond donors (Lipinski definition) is 3. The molecule has 0 aliphatic rings. The Balaban J connectivity index is 1.75. The molecular formula is C24H27N3O3. The van der Waals surface area contributed by atoms with Crippen LogP contribution in [0, 0.1) is 6.92 Å². The number of nitrogens with one attached hydrogen (secondary N) is 2. The molecule has 0 saturated heterocycles. The molecule has 6 nitrogen and oxygen atoms in total. The number of carbonyl (C=O) groups excluding carboxylic acids is 1. The SMILES string of the molecule is CCC[C@H](Nc1nc2ccccc2cc1C)c1ccc(C(=O)NCCC(=O)O)cc1. The van der Waals surface area contributed by atoms with Crippen LogP contribution in [0.2, 0.25) is 0 Å². The first kappa shape index (κ1) is 21.3. The predicted molar refractivity (Wildman–Crippen MR) is 119 cm³/mol. The topological polar surface area (TPSA) is 91.3 Å². The number of carboxylic acids is 1. The molecule has 0 radical (unpaired) electrons. The number of aryl methyl sites for hydroxylation is 1. The van der Waals surface area contributed by atoms with Crippen LogP contribution in [0.1, 0.15) is 53.7 Å². The molecule has 0 bridgehead atoms. The van der Waals surface area contributed by atoms with Gasteiger partial charge in [-0.2, -0.15) is 0 Å². The van der Waals surface area contributed by atoms with E-state index < -0.39 is 5.97 Å². The Morgan fingerprint density at radius 3 is 2.53 bits per heavy atom. The van der Waals surface area contributed by atoms with Crippen LogP contribution >= 0.6 is 0 Å². The summed E-state index contributed by atoms with van der Waals surface area (Å²) in [5.74, 6) is -0.339. The molecule has 0 aliphatic carbocycles. The van der Waals surface area contributed by atoms with E-state index in [0.29, 0.717) is 5.56 Å². The number of carbonyl (C=O) groups is 2. The number of aliphatic carboxylic acids is 1. The summed E-state index contributed by atoms with van der Waals surface area (Å²) in [4.78, 5) is 27.5. The predicted octanol–water partition coefficient (Wildman–Crippen LogP) is 4.70. The number of hydrogen-bond acceptors (Lipinski definition) is 4. The molecule has 1 amide bonds. The van der Waals surface area contributed by atoms with E-state index in [9.17, 15) is 9.59 Å². The second kappa shape index (κ2) is 9.87. The number of benzene rings is 2. The van der Waals surface area contributed by atoms with Gasteiger partial charge < -0.3 is 15.7 Å². The summed E-state index contributed by atoms with van der Waals surface area (Å²) in [6, 6.07) is 17.7. The van der Waals surface area contributed by atoms with Crippen molar-refractivity contribution in [3.8, 4) is 0 Å². The van der Waals surface area contributed by atoms with Crippen LogP contribution in [0.15, 0.2) is 54.6 Å². The average Bonchev–Trinajstić information content (AvgIpc) is 2.73. The number of nitrogens with zero attached hydrogens (tertiary/aromatic N) is 1. The first-order valence-electron chi connectivity index (χ1n) is 10.2. The number of amides is 1. The number of pyridine rings is 1. The van der Waals surface area contributed by atoms with Crippen LogP contribution in [-0.2, 0) is 4.79 Å². The Morgan fingerprint density at radius 1 is 1.10 bits per heavy atom. The minimum absolute atomic E-state index is 0.0754. The van der Waals surface area contributed by atoms with E-state index in [0.717, 1.165) is 40.7 Å². The van der Waals surface area contributed by atoms with Crippen LogP contribution in [0.4, 0.5) is 5.82 Å². The minimum atomic E-state index is -0.934. The highest BCUT2D eigenvalue weighted by Crippen LogP contribution is 2.27. The van der Waals surface area contributed by atoms with Crippen molar-refractivity contribution in [1.29, 1.82) is 0 Å². The maximum atomic E-state index is 12.2. The van der Waals surface area contributed by atoms with Crippen molar-refractivity contribution >= 4 is 28.6 Å². The molecule has 6 heteroatoms. The van der Waals surface area contributed by atoms with E-state index in [1.807, 2.05) is 30.3 Å². The van der Waals surface area contributed by atoms with Gasteiger partial charge in [-0.05, 0) is 48.7 Å². The fourth-order valence-electron chi connectivity index (χ4n) is 3.40. The van der Waals surface area contributed by atoms with Crippen molar-refractivity contribution in [3.05, 3.63) is 71.3 Å². The van der Waals surface area contributed by atoms with Gasteiger partial charge in [-0.3, -0.25) is 9.59 Å². The van der Waals surface area contributed by atoms with E-state index in [4.69, 9.17) is 10.1 Å². The molecule has 3 aromatic rings. The van der Waals surface area contributed by atoms with E-state index in [1.54, 1.807) is 12.1 Å². The lowest BCUT2D eigenvalue weighted by molar-refractivity contribution is -0.136. The monoisotopic (exact) mass is 405 g/mol. The zero-order valence-corrected chi connectivity index (χ0v) is 17.3. The number of carboxylic acid groups (broad SMARTS) is 1. The quantitative estimate of drug-likeness (QED) is 0.480. The third-order valence-corrected chi connectivity index (χ3v) is 5.00. The van der Waals surface area contributed by atoms with Gasteiger partial charge in [0.1, 0.15) is 5.82 Å². The summed E-state index contributed by atoms with van der Waals surface area (Å²) in [5.41, 5.74) is 3.63. The zero-order valence-electron chi connectivity index (χ0n) is 17.3. The number of aromatic nitrogens is 1. The van der Waals surface area contributed by atoms with E-state index >= 15 is 0 Å². The van der Waals surface area contributed by atoms with Gasteiger partial charge in [0.05, 0.1) is 18.0 Å². The van der Waals surface area contributed by atoms with Crippen molar-refractivity contribution in [2.75, 3.05) is 11.9 Å². The van der Waals surface area contributed by atoms with Gasteiger partial charge in [0.2, 0.25) is 0 Å². The van der Waals surface area contributed by atoms with Crippen molar-refractivity contribution in [1.82, 2.24) is 10.3 Å². The number of para-hydroxylation sites is 1. The van der Waals surface area contributed by atoms with Crippen molar-refractivity contribution in [2.45, 2.75) is 39.2 Å². The normalized spacial score (nSPS) is 11.8. The van der Waals surface area contributed by atoms with Gasteiger partial charge >= 0.3 is 5.97 Å². The molecule has 0 saturated carbocycles. The highest BCUT2D eigenvalue weighted by molar-refractivity contribution is 5.94. The fraction of sp³-hybridized carbons (Fsp3) is 0.292. The fourth-order valence-corrected chi connectivity index (χ4v) is 3.40. The summed E-state index contributed by atoms with van der Waals surface area (Å²) in [6.45, 7) is 4.30. The van der Waals surface area contributed by atoms with E-state index in [2.05, 4.69) is 36.6 Å². The van der Waals surface area contributed by atoms with Crippen LogP contribution < -0.4 is 10.6 Å². The first-order chi connectivity index (χ1) is 14.5. The van der Waals surface area contributed by atoms with Gasteiger partial charge in [0.15, 0.2) is 0 Å². The summed E-state index contributed by atoms with van der Waals surface area (Å²) in [6.07, 6.45) is 1.84. The number of fused-ring (bicyclic) bond motifs is 1. The Bertz CT molecular complexity index is 1030. The molecule has 1 atom stereocenters. The Hall–Kier alpha value is -3.41. The van der Waals surface area contributed by atoms with Crippen molar-refractivity contribution < 1.29 is 14.7 Å². The summed E-state index contributed by atoms with van der Waals surface area (Å²) in [7, 11) is 0. The maximum absolute atomic E-state index is 12.2. The standard InChI is InChI=1S/C24H27N3O3/c1-3-6-20(26-23-16(2)15-19-7-4-5-8-21(19)27-23)17-9-11-18(12-10-17)24(30)25-14-13-22(28)29/h4-5,7-12,15,20H,3,6,13-14H2,1-2H3,(H,25,30)(H,26,27)(H,28,29)/t20-/m0/s1. The molecule has 2 aromatic carbocycles. The Labute approximate surface area is 176 Å². The third kappa shape index (κ3) is 5.35. The largest absolute Gasteiger partial charge is 0.481 e. The van der Waals surface area contributed by atoms with Crippen LogP contribution in [0.3, 0.4) is 0 Å². The van der Waals surface area contributed by atoms with Crippen LogP contribution in [0.5, 0.6) is 0 Å². The molecule has 0 unspecified atom stereocenters. The van der Waals surface area contributed by atoms with Gasteiger partial charge in [-0.25, -0.2) is 4.98 Å². The van der Waals surface area contributed by atoms with Gasteiger partial charge in [-0.1, -0.05) is 43.7 Å². The van der Waals surface area contributed by atoms with Crippen molar-refractivity contribution in [3.63, 3.8) is 0 Å². The van der Waals surface area contributed by atoms with E-state index in [1.165, 1.54) is 0 Å². The number of rotatable bonds is 9. The molecule has 30 heavy (non-hydrogen) atoms. The van der Waals surface area contributed by atoms with Crippen molar-refractivity contribution in [2.24, 2.45) is 0 Å². The smallest absolute Gasteiger partial charge is 0.305 e. The van der Waals surface area contributed by atoms with Gasteiger partial charge in [0.25, 0.3) is 5.91 Å². The summed E-state index contributed by atoms with van der Waals surface area (Å²) in [5, 5.41) is 16.0. The zero-order chi connectivity index (χ0) is 21.5. The van der Waals surface area contributed by atoms with Gasteiger partial charge in [0, 0.05) is 17.5 Å². The lowest BCUT2D eigenvalue weighted by atomic mass is 10.00. The lowest BCUT2D eigenvalue weighted by Gasteiger charge is -2.21. The molecule has 3 N–H and O–H groups in total.